The summed E-state index contributed by atoms with van der Waals surface area (Å²) in [5.74, 6) is -1.52. The van der Waals surface area contributed by atoms with Gasteiger partial charge in [-0.1, -0.05) is 30.3 Å². The number of fused-ring (bicyclic) bond motifs is 1. The number of methoxy groups -OCH3 is 1. The van der Waals surface area contributed by atoms with Crippen molar-refractivity contribution in [2.75, 3.05) is 13.7 Å². The van der Waals surface area contributed by atoms with Gasteiger partial charge in [0.25, 0.3) is 0 Å². The number of esters is 2. The molecular formula is C25H29N3O4. The minimum Gasteiger partial charge on any atom is -0.466 e. The summed E-state index contributed by atoms with van der Waals surface area (Å²) in [5, 5.41) is 6.36. The number of pyridine rings is 1. The number of carbonyl (C=O) groups is 2. The molecule has 1 unspecified atom stereocenters. The van der Waals surface area contributed by atoms with Gasteiger partial charge in [0, 0.05) is 36.9 Å². The number of hydrogen-bond acceptors (Lipinski definition) is 7. The van der Waals surface area contributed by atoms with E-state index in [1.807, 2.05) is 6.07 Å². The van der Waals surface area contributed by atoms with E-state index >= 15 is 0 Å². The predicted molar refractivity (Wildman–Crippen MR) is 121 cm³/mol. The van der Waals surface area contributed by atoms with E-state index in [-0.39, 0.29) is 6.61 Å². The number of aromatic nitrogens is 1. The normalized spacial score (nSPS) is 17.1. The summed E-state index contributed by atoms with van der Waals surface area (Å²) in [4.78, 5) is 28.8. The zero-order chi connectivity index (χ0) is 23.1. The van der Waals surface area contributed by atoms with Crippen LogP contribution < -0.4 is 10.6 Å². The van der Waals surface area contributed by atoms with Crippen LogP contribution in [0.15, 0.2) is 71.3 Å². The van der Waals surface area contributed by atoms with Crippen molar-refractivity contribution in [3.8, 4) is 0 Å². The number of nitrogens with one attached hydrogen (secondary N) is 2. The summed E-state index contributed by atoms with van der Waals surface area (Å²) >= 11 is 0. The maximum absolute atomic E-state index is 12.4. The number of benzene rings is 1. The molecule has 0 saturated heterocycles. The number of hydrogen-bond donors (Lipinski definition) is 2. The largest absolute Gasteiger partial charge is 0.466 e. The van der Waals surface area contributed by atoms with Gasteiger partial charge in [-0.15, -0.1) is 0 Å². The lowest BCUT2D eigenvalue weighted by Gasteiger charge is -2.30. The standard InChI is InChI=1S/C17H20N2O4.C8H9N/c1-5-23-17(21)14-11(3)19-10(2)13(16(20)22-4)15(14)12-7-6-8-18-9-12;1-2-4-8-6-9-5-7(8)3-1/h6-9,15,19H,5H2,1-4H3;1-4,9H,5-6H2. The van der Waals surface area contributed by atoms with Gasteiger partial charge < -0.3 is 20.1 Å². The molecule has 7 heteroatoms. The molecule has 0 radical (unpaired) electrons. The fourth-order valence-electron chi connectivity index (χ4n) is 3.97. The van der Waals surface area contributed by atoms with E-state index in [1.54, 1.807) is 39.2 Å². The van der Waals surface area contributed by atoms with Crippen LogP contribution in [0.5, 0.6) is 0 Å². The SMILES string of the molecule is CCOC(=O)C1=C(C)NC(C)=C(C(=O)OC)C1c1cccnc1.c1ccc2c(c1)CNC2. The molecule has 32 heavy (non-hydrogen) atoms. The smallest absolute Gasteiger partial charge is 0.336 e. The second-order valence-corrected chi connectivity index (χ2v) is 7.51. The molecule has 2 aromatic rings. The molecule has 0 fully saturated rings. The third-order valence-electron chi connectivity index (χ3n) is 5.43. The molecule has 0 aliphatic carbocycles. The molecule has 1 aromatic carbocycles. The Kier molecular flexibility index (Phi) is 7.78. The van der Waals surface area contributed by atoms with E-state index in [9.17, 15) is 9.59 Å². The van der Waals surface area contributed by atoms with Gasteiger partial charge >= 0.3 is 11.9 Å². The lowest BCUT2D eigenvalue weighted by molar-refractivity contribution is -0.139. The Hall–Kier alpha value is -3.45. The topological polar surface area (TPSA) is 89.5 Å². The molecular weight excluding hydrogens is 406 g/mol. The van der Waals surface area contributed by atoms with Crippen molar-refractivity contribution in [3.05, 3.63) is 88.0 Å². The summed E-state index contributed by atoms with van der Waals surface area (Å²) in [7, 11) is 1.32. The summed E-state index contributed by atoms with van der Waals surface area (Å²) in [5.41, 5.74) is 5.73. The van der Waals surface area contributed by atoms with Crippen LogP contribution in [-0.2, 0) is 32.2 Å². The van der Waals surface area contributed by atoms with Crippen LogP contribution in [0.25, 0.3) is 0 Å². The van der Waals surface area contributed by atoms with E-state index in [0.29, 0.717) is 22.5 Å². The summed E-state index contributed by atoms with van der Waals surface area (Å²) in [6.45, 7) is 7.66. The van der Waals surface area contributed by atoms with Gasteiger partial charge in [0.1, 0.15) is 0 Å². The van der Waals surface area contributed by atoms with Gasteiger partial charge in [0.2, 0.25) is 0 Å². The molecule has 2 aliphatic heterocycles. The first kappa shape index (κ1) is 23.2. The van der Waals surface area contributed by atoms with E-state index < -0.39 is 17.9 Å². The molecule has 3 heterocycles. The van der Waals surface area contributed by atoms with Gasteiger partial charge in [-0.2, -0.15) is 0 Å². The van der Waals surface area contributed by atoms with Crippen molar-refractivity contribution in [3.63, 3.8) is 0 Å². The van der Waals surface area contributed by atoms with E-state index in [4.69, 9.17) is 9.47 Å². The number of nitrogens with zero attached hydrogens (tertiary/aromatic N) is 1. The van der Waals surface area contributed by atoms with Crippen LogP contribution in [-0.4, -0.2) is 30.6 Å². The minimum atomic E-state index is -0.573. The van der Waals surface area contributed by atoms with Crippen molar-refractivity contribution < 1.29 is 19.1 Å². The van der Waals surface area contributed by atoms with Crippen molar-refractivity contribution >= 4 is 11.9 Å². The first-order valence-electron chi connectivity index (χ1n) is 10.6. The Morgan fingerprint density at radius 3 is 2.16 bits per heavy atom. The van der Waals surface area contributed by atoms with Crippen LogP contribution in [0.1, 0.15) is 43.4 Å². The second-order valence-electron chi connectivity index (χ2n) is 7.51. The molecule has 0 spiro atoms. The number of allylic oxidation sites excluding steroid dienone is 2. The van der Waals surface area contributed by atoms with Crippen molar-refractivity contribution in [2.45, 2.75) is 39.8 Å². The van der Waals surface area contributed by atoms with Gasteiger partial charge in [0.15, 0.2) is 0 Å². The molecule has 0 bridgehead atoms. The lowest BCUT2D eigenvalue weighted by Crippen LogP contribution is -2.32. The van der Waals surface area contributed by atoms with E-state index in [1.165, 1.54) is 18.2 Å². The highest BCUT2D eigenvalue weighted by atomic mass is 16.5. The Morgan fingerprint density at radius 1 is 1.00 bits per heavy atom. The van der Waals surface area contributed by atoms with Gasteiger partial charge in [-0.3, -0.25) is 4.98 Å². The van der Waals surface area contributed by atoms with E-state index in [2.05, 4.69) is 39.9 Å². The molecule has 2 N–H and O–H groups in total. The second kappa shape index (κ2) is 10.7. The molecule has 7 nitrogen and oxygen atoms in total. The first-order chi connectivity index (χ1) is 15.5. The average Bonchev–Trinajstić information content (AvgIpc) is 3.28. The highest BCUT2D eigenvalue weighted by molar-refractivity contribution is 5.99. The third kappa shape index (κ3) is 5.06. The molecule has 0 saturated carbocycles. The molecule has 4 rings (SSSR count). The number of carbonyl (C=O) groups excluding carboxylic acids is 2. The van der Waals surface area contributed by atoms with Crippen LogP contribution in [0, 0.1) is 0 Å². The maximum Gasteiger partial charge on any atom is 0.336 e. The Labute approximate surface area is 188 Å². The number of dihydropyridines is 1. The Bertz CT molecular complexity index is 1020. The maximum atomic E-state index is 12.4. The van der Waals surface area contributed by atoms with Gasteiger partial charge in [-0.25, -0.2) is 9.59 Å². The molecule has 1 aromatic heterocycles. The van der Waals surface area contributed by atoms with Crippen molar-refractivity contribution in [2.24, 2.45) is 0 Å². The highest BCUT2D eigenvalue weighted by Crippen LogP contribution is 2.38. The summed E-state index contributed by atoms with van der Waals surface area (Å²) in [6.07, 6.45) is 3.28. The summed E-state index contributed by atoms with van der Waals surface area (Å²) < 4.78 is 10.1. The van der Waals surface area contributed by atoms with Gasteiger partial charge in [0.05, 0.1) is 30.8 Å². The summed E-state index contributed by atoms with van der Waals surface area (Å²) in [6, 6.07) is 12.1. The number of ether oxygens (including phenoxy) is 2. The molecule has 1 atom stereocenters. The van der Waals surface area contributed by atoms with Crippen molar-refractivity contribution in [1.82, 2.24) is 15.6 Å². The molecule has 168 valence electrons. The Morgan fingerprint density at radius 2 is 1.62 bits per heavy atom. The monoisotopic (exact) mass is 435 g/mol. The zero-order valence-corrected chi connectivity index (χ0v) is 18.9. The van der Waals surface area contributed by atoms with Crippen LogP contribution in [0.4, 0.5) is 0 Å². The number of rotatable bonds is 4. The van der Waals surface area contributed by atoms with Crippen LogP contribution in [0.3, 0.4) is 0 Å². The fraction of sp³-hybridized carbons (Fsp3) is 0.320. The predicted octanol–water partition coefficient (Wildman–Crippen LogP) is 3.34. The lowest BCUT2D eigenvalue weighted by atomic mass is 9.81. The zero-order valence-electron chi connectivity index (χ0n) is 18.9. The third-order valence-corrected chi connectivity index (χ3v) is 5.43. The van der Waals surface area contributed by atoms with Crippen LogP contribution in [0.2, 0.25) is 0 Å². The fourth-order valence-corrected chi connectivity index (χ4v) is 3.97. The quantitative estimate of drug-likeness (QED) is 0.712. The first-order valence-corrected chi connectivity index (χ1v) is 10.6. The Balaban J connectivity index is 0.000000264. The van der Waals surface area contributed by atoms with Gasteiger partial charge in [-0.05, 0) is 43.5 Å². The van der Waals surface area contributed by atoms with Crippen LogP contribution >= 0.6 is 0 Å². The molecule has 2 aliphatic rings. The van der Waals surface area contributed by atoms with Crippen molar-refractivity contribution in [1.29, 1.82) is 0 Å². The highest BCUT2D eigenvalue weighted by Gasteiger charge is 2.37. The van der Waals surface area contributed by atoms with E-state index in [0.717, 1.165) is 18.7 Å². The minimum absolute atomic E-state index is 0.256. The molecule has 0 amide bonds. The average molecular weight is 436 g/mol.